The molecule has 4 aromatic rings. The summed E-state index contributed by atoms with van der Waals surface area (Å²) < 4.78 is 15.0. The molecule has 0 saturated carbocycles. The molecule has 0 spiro atoms. The molecule has 2 N–H and O–H groups in total. The molecule has 176 valence electrons. The van der Waals surface area contributed by atoms with E-state index in [0.717, 1.165) is 43.0 Å². The van der Waals surface area contributed by atoms with Gasteiger partial charge in [-0.25, -0.2) is 14.1 Å². The molecular formula is C24H24FN5O2S2. The maximum atomic E-state index is 13.3. The molecule has 34 heavy (non-hydrogen) atoms. The topological polar surface area (TPSA) is 88.9 Å². The zero-order valence-corrected chi connectivity index (χ0v) is 20.9. The first kappa shape index (κ1) is 23.8. The van der Waals surface area contributed by atoms with Gasteiger partial charge >= 0.3 is 0 Å². The SMILES string of the molecule is CC(=O)NCc1ccc(-c2nc(NC(=O)Cc3c(C)nn(-c4ccc(F)cc4)c3C)sc2C)s1. The Balaban J connectivity index is 1.46. The van der Waals surface area contributed by atoms with Crippen molar-refractivity contribution in [3.8, 4) is 16.3 Å². The number of aryl methyl sites for hydroxylation is 2. The van der Waals surface area contributed by atoms with Gasteiger partial charge in [0.05, 0.1) is 34.9 Å². The lowest BCUT2D eigenvalue weighted by Gasteiger charge is -2.06. The third-order valence-electron chi connectivity index (χ3n) is 5.30. The van der Waals surface area contributed by atoms with Crippen LogP contribution in [0.2, 0.25) is 0 Å². The first-order valence-corrected chi connectivity index (χ1v) is 12.3. The van der Waals surface area contributed by atoms with E-state index in [1.807, 2.05) is 32.9 Å². The minimum atomic E-state index is -0.311. The van der Waals surface area contributed by atoms with E-state index >= 15 is 0 Å². The summed E-state index contributed by atoms with van der Waals surface area (Å²) in [5.74, 6) is -0.560. The molecule has 0 aliphatic carbocycles. The summed E-state index contributed by atoms with van der Waals surface area (Å²) in [6.07, 6.45) is 0.159. The fraction of sp³-hybridized carbons (Fsp3) is 0.250. The van der Waals surface area contributed by atoms with Crippen molar-refractivity contribution in [2.75, 3.05) is 5.32 Å². The highest BCUT2D eigenvalue weighted by Gasteiger charge is 2.18. The predicted molar refractivity (Wildman–Crippen MR) is 133 cm³/mol. The fourth-order valence-electron chi connectivity index (χ4n) is 3.58. The van der Waals surface area contributed by atoms with Crippen LogP contribution < -0.4 is 10.6 Å². The van der Waals surface area contributed by atoms with Crippen LogP contribution in [-0.2, 0) is 22.6 Å². The lowest BCUT2D eigenvalue weighted by atomic mass is 10.1. The summed E-state index contributed by atoms with van der Waals surface area (Å²) in [6, 6.07) is 10.0. The maximum absolute atomic E-state index is 13.3. The average Bonchev–Trinajstić information content (AvgIpc) is 3.47. The van der Waals surface area contributed by atoms with Crippen LogP contribution in [0.3, 0.4) is 0 Å². The largest absolute Gasteiger partial charge is 0.351 e. The number of aromatic nitrogens is 3. The minimum Gasteiger partial charge on any atom is -0.351 e. The number of anilines is 1. The van der Waals surface area contributed by atoms with Crippen molar-refractivity contribution in [2.45, 2.75) is 40.7 Å². The minimum absolute atomic E-state index is 0.0709. The molecule has 1 aromatic carbocycles. The molecule has 0 bridgehead atoms. The highest BCUT2D eigenvalue weighted by Crippen LogP contribution is 2.34. The standard InChI is InChI=1S/C24H24FN5O2S2/c1-13-20(14(2)30(29-13)18-7-5-17(25)6-8-18)11-22(32)27-24-28-23(15(3)33-24)21-10-9-19(34-21)12-26-16(4)31/h5-10H,11-12H2,1-4H3,(H,26,31)(H,27,28,32). The number of thiophene rings is 1. The van der Waals surface area contributed by atoms with Gasteiger partial charge in [-0.3, -0.25) is 9.59 Å². The Bertz CT molecular complexity index is 1350. The molecule has 0 saturated heterocycles. The van der Waals surface area contributed by atoms with Crippen LogP contribution in [-0.4, -0.2) is 26.6 Å². The van der Waals surface area contributed by atoms with E-state index in [1.54, 1.807) is 28.2 Å². The molecule has 0 fully saturated rings. The van der Waals surface area contributed by atoms with Crippen molar-refractivity contribution in [2.24, 2.45) is 0 Å². The molecule has 3 aromatic heterocycles. The molecule has 4 rings (SSSR count). The van der Waals surface area contributed by atoms with Crippen LogP contribution in [0.15, 0.2) is 36.4 Å². The molecule has 0 aliphatic heterocycles. The van der Waals surface area contributed by atoms with Crippen molar-refractivity contribution in [1.29, 1.82) is 0 Å². The van der Waals surface area contributed by atoms with Gasteiger partial charge in [-0.1, -0.05) is 0 Å². The van der Waals surface area contributed by atoms with E-state index < -0.39 is 0 Å². The number of carbonyl (C=O) groups excluding carboxylic acids is 2. The molecule has 0 unspecified atom stereocenters. The van der Waals surface area contributed by atoms with Crippen molar-refractivity contribution in [1.82, 2.24) is 20.1 Å². The van der Waals surface area contributed by atoms with E-state index in [2.05, 4.69) is 20.7 Å². The van der Waals surface area contributed by atoms with Crippen LogP contribution >= 0.6 is 22.7 Å². The number of benzene rings is 1. The van der Waals surface area contributed by atoms with Gasteiger partial charge in [-0.05, 0) is 57.2 Å². The van der Waals surface area contributed by atoms with Gasteiger partial charge in [0, 0.05) is 27.9 Å². The summed E-state index contributed by atoms with van der Waals surface area (Å²) >= 11 is 2.99. The summed E-state index contributed by atoms with van der Waals surface area (Å²) in [7, 11) is 0. The Labute approximate surface area is 204 Å². The highest BCUT2D eigenvalue weighted by molar-refractivity contribution is 7.18. The number of thiazole rings is 1. The normalized spacial score (nSPS) is 11.0. The van der Waals surface area contributed by atoms with E-state index in [4.69, 9.17) is 0 Å². The molecule has 10 heteroatoms. The van der Waals surface area contributed by atoms with Crippen LogP contribution in [0.25, 0.3) is 16.3 Å². The second-order valence-corrected chi connectivity index (χ2v) is 10.2. The van der Waals surface area contributed by atoms with Crippen LogP contribution in [0.4, 0.5) is 9.52 Å². The van der Waals surface area contributed by atoms with Gasteiger partial charge in [0.2, 0.25) is 11.8 Å². The number of nitrogens with zero attached hydrogens (tertiary/aromatic N) is 3. The predicted octanol–water partition coefficient (Wildman–Crippen LogP) is 4.94. The Morgan fingerprint density at radius 1 is 1.06 bits per heavy atom. The molecule has 0 atom stereocenters. The number of halogens is 1. The molecule has 3 heterocycles. The summed E-state index contributed by atoms with van der Waals surface area (Å²) in [6.45, 7) is 7.70. The zero-order valence-electron chi connectivity index (χ0n) is 19.2. The van der Waals surface area contributed by atoms with Gasteiger partial charge < -0.3 is 10.6 Å². The van der Waals surface area contributed by atoms with Gasteiger partial charge in [0.15, 0.2) is 5.13 Å². The second-order valence-electron chi connectivity index (χ2n) is 7.86. The van der Waals surface area contributed by atoms with Gasteiger partial charge in [0.25, 0.3) is 0 Å². The first-order chi connectivity index (χ1) is 16.2. The molecular weight excluding hydrogens is 473 g/mol. The van der Waals surface area contributed by atoms with Gasteiger partial charge in [-0.15, -0.1) is 22.7 Å². The maximum Gasteiger partial charge on any atom is 0.230 e. The summed E-state index contributed by atoms with van der Waals surface area (Å²) in [5.41, 5.74) is 3.98. The van der Waals surface area contributed by atoms with Gasteiger partial charge in [-0.2, -0.15) is 5.10 Å². The third-order valence-corrected chi connectivity index (χ3v) is 7.28. The van der Waals surface area contributed by atoms with E-state index in [9.17, 15) is 14.0 Å². The first-order valence-electron chi connectivity index (χ1n) is 10.6. The third kappa shape index (κ3) is 5.23. The number of hydrogen-bond donors (Lipinski definition) is 2. The lowest BCUT2D eigenvalue weighted by molar-refractivity contribution is -0.119. The van der Waals surface area contributed by atoms with Crippen LogP contribution in [0, 0.1) is 26.6 Å². The fourth-order valence-corrected chi connectivity index (χ4v) is 5.48. The molecule has 2 amide bonds. The number of nitrogens with one attached hydrogen (secondary N) is 2. The monoisotopic (exact) mass is 497 g/mol. The number of rotatable bonds is 7. The summed E-state index contributed by atoms with van der Waals surface area (Å²) in [5, 5.41) is 10.8. The van der Waals surface area contributed by atoms with Crippen LogP contribution in [0.5, 0.6) is 0 Å². The highest BCUT2D eigenvalue weighted by atomic mass is 32.1. The van der Waals surface area contributed by atoms with Crippen LogP contribution in [0.1, 0.15) is 33.6 Å². The molecule has 7 nitrogen and oxygen atoms in total. The average molecular weight is 498 g/mol. The van der Waals surface area contributed by atoms with Crippen molar-refractivity contribution in [3.63, 3.8) is 0 Å². The number of carbonyl (C=O) groups is 2. The smallest absolute Gasteiger partial charge is 0.230 e. The number of hydrogen-bond acceptors (Lipinski definition) is 6. The van der Waals surface area contributed by atoms with Crippen molar-refractivity contribution in [3.05, 3.63) is 68.9 Å². The number of amides is 2. The molecule has 0 radical (unpaired) electrons. The zero-order chi connectivity index (χ0) is 24.4. The second kappa shape index (κ2) is 9.86. The van der Waals surface area contributed by atoms with E-state index in [1.165, 1.54) is 30.4 Å². The van der Waals surface area contributed by atoms with Crippen molar-refractivity contribution < 1.29 is 14.0 Å². The Morgan fingerprint density at radius 2 is 1.79 bits per heavy atom. The Morgan fingerprint density at radius 3 is 2.50 bits per heavy atom. The molecule has 0 aliphatic rings. The van der Waals surface area contributed by atoms with E-state index in [-0.39, 0.29) is 24.1 Å². The quantitative estimate of drug-likeness (QED) is 0.379. The van der Waals surface area contributed by atoms with Crippen molar-refractivity contribution >= 4 is 39.6 Å². The Kier molecular flexibility index (Phi) is 6.90. The van der Waals surface area contributed by atoms with Gasteiger partial charge in [0.1, 0.15) is 5.82 Å². The lowest BCUT2D eigenvalue weighted by Crippen LogP contribution is -2.17. The summed E-state index contributed by atoms with van der Waals surface area (Å²) in [4.78, 5) is 31.6. The Hall–Kier alpha value is -3.37. The van der Waals surface area contributed by atoms with E-state index in [0.29, 0.717) is 11.7 Å².